The molecule has 0 bridgehead atoms. The first-order valence-corrected chi connectivity index (χ1v) is 8.06. The van der Waals surface area contributed by atoms with Gasteiger partial charge in [0.25, 0.3) is 0 Å². The van der Waals surface area contributed by atoms with Gasteiger partial charge in [0.2, 0.25) is 0 Å². The molecule has 2 amide bonds. The van der Waals surface area contributed by atoms with E-state index < -0.39 is 12.0 Å². The molecule has 2 fully saturated rings. The maximum atomic E-state index is 12.7. The summed E-state index contributed by atoms with van der Waals surface area (Å²) in [5, 5.41) is 18.6. The second-order valence-corrected chi connectivity index (χ2v) is 6.83. The van der Waals surface area contributed by atoms with Crippen molar-refractivity contribution in [1.82, 2.24) is 9.80 Å². The number of carboxylic acids is 1. The van der Waals surface area contributed by atoms with E-state index in [0.29, 0.717) is 12.3 Å². The summed E-state index contributed by atoms with van der Waals surface area (Å²) >= 11 is 1.53. The summed E-state index contributed by atoms with van der Waals surface area (Å²) in [6, 6.07) is -1.17. The van der Waals surface area contributed by atoms with Crippen LogP contribution >= 0.6 is 11.8 Å². The largest absolute Gasteiger partial charge is 0.480 e. The smallest absolute Gasteiger partial charge is 0.327 e. The first-order valence-electron chi connectivity index (χ1n) is 7.01. The monoisotopic (exact) mass is 302 g/mol. The molecule has 2 rings (SSSR count). The molecule has 0 aromatic heterocycles. The molecule has 2 saturated heterocycles. The zero-order valence-corrected chi connectivity index (χ0v) is 12.7. The van der Waals surface area contributed by atoms with Gasteiger partial charge in [0.15, 0.2) is 0 Å². The minimum absolute atomic E-state index is 0.0587. The van der Waals surface area contributed by atoms with Gasteiger partial charge in [-0.3, -0.25) is 4.90 Å². The summed E-state index contributed by atoms with van der Waals surface area (Å²) in [6.07, 6.45) is 1.65. The van der Waals surface area contributed by atoms with E-state index in [-0.39, 0.29) is 30.0 Å². The van der Waals surface area contributed by atoms with Crippen LogP contribution in [-0.2, 0) is 4.79 Å². The third-order valence-electron chi connectivity index (χ3n) is 3.94. The van der Waals surface area contributed by atoms with Crippen molar-refractivity contribution in [3.63, 3.8) is 0 Å². The average Bonchev–Trinajstić information content (AvgIpc) is 3.03. The maximum absolute atomic E-state index is 12.7. The van der Waals surface area contributed by atoms with Crippen molar-refractivity contribution in [3.8, 4) is 0 Å². The molecule has 0 aromatic carbocycles. The topological polar surface area (TPSA) is 81.1 Å². The van der Waals surface area contributed by atoms with Gasteiger partial charge in [-0.15, -0.1) is 11.8 Å². The van der Waals surface area contributed by atoms with Crippen molar-refractivity contribution in [1.29, 1.82) is 0 Å². The molecule has 7 heteroatoms. The van der Waals surface area contributed by atoms with Gasteiger partial charge in [-0.1, -0.05) is 13.8 Å². The van der Waals surface area contributed by atoms with E-state index in [4.69, 9.17) is 0 Å². The van der Waals surface area contributed by atoms with Gasteiger partial charge in [-0.2, -0.15) is 0 Å². The molecule has 2 aliphatic rings. The summed E-state index contributed by atoms with van der Waals surface area (Å²) in [6.45, 7) is 4.53. The predicted molar refractivity (Wildman–Crippen MR) is 76.6 cm³/mol. The minimum atomic E-state index is -0.950. The Balaban J connectivity index is 2.20. The van der Waals surface area contributed by atoms with Gasteiger partial charge in [-0.25, -0.2) is 9.59 Å². The fraction of sp³-hybridized carbons (Fsp3) is 0.846. The number of amides is 2. The van der Waals surface area contributed by atoms with Crippen molar-refractivity contribution < 1.29 is 19.8 Å². The van der Waals surface area contributed by atoms with Crippen LogP contribution in [-0.4, -0.2) is 68.4 Å². The molecule has 0 saturated carbocycles. The molecule has 2 N–H and O–H groups in total. The molecular weight excluding hydrogens is 280 g/mol. The van der Waals surface area contributed by atoms with Crippen molar-refractivity contribution in [2.45, 2.75) is 44.1 Å². The molecular formula is C13H22N2O4S. The summed E-state index contributed by atoms with van der Waals surface area (Å²) in [5.41, 5.74) is 0. The number of hydrogen-bond acceptors (Lipinski definition) is 4. The third kappa shape index (κ3) is 2.74. The lowest BCUT2D eigenvalue weighted by Crippen LogP contribution is -2.54. The Labute approximate surface area is 123 Å². The Bertz CT molecular complexity index is 391. The molecule has 0 aliphatic carbocycles. The second kappa shape index (κ2) is 6.22. The number of nitrogens with zero attached hydrogens (tertiary/aromatic N) is 2. The van der Waals surface area contributed by atoms with E-state index in [2.05, 4.69) is 0 Å². The molecule has 0 radical (unpaired) electrons. The summed E-state index contributed by atoms with van der Waals surface area (Å²) in [4.78, 5) is 27.2. The number of rotatable bonds is 3. The SMILES string of the molecule is CC(C)C1SCC(C(=O)O)N1C(=O)N1CCCC1CO. The van der Waals surface area contributed by atoms with Crippen LogP contribution < -0.4 is 0 Å². The average molecular weight is 302 g/mol. The number of carbonyl (C=O) groups is 2. The Hall–Kier alpha value is -0.950. The lowest BCUT2D eigenvalue weighted by Gasteiger charge is -2.35. The van der Waals surface area contributed by atoms with Crippen LogP contribution in [0.2, 0.25) is 0 Å². The zero-order valence-electron chi connectivity index (χ0n) is 11.9. The highest BCUT2D eigenvalue weighted by molar-refractivity contribution is 8.00. The van der Waals surface area contributed by atoms with Crippen molar-refractivity contribution in [2.75, 3.05) is 18.9 Å². The first kappa shape index (κ1) is 15.4. The van der Waals surface area contributed by atoms with E-state index in [9.17, 15) is 19.8 Å². The van der Waals surface area contributed by atoms with Crippen LogP contribution in [0.4, 0.5) is 4.79 Å². The lowest BCUT2D eigenvalue weighted by molar-refractivity contribution is -0.141. The molecule has 2 aliphatic heterocycles. The fourth-order valence-corrected chi connectivity index (χ4v) is 4.36. The number of likely N-dealkylation sites (tertiary alicyclic amines) is 1. The van der Waals surface area contributed by atoms with Crippen LogP contribution in [0.25, 0.3) is 0 Å². The standard InChI is InChI=1S/C13H22N2O4S/c1-8(2)11-15(10(7-20-11)12(17)18)13(19)14-5-3-4-9(14)6-16/h8-11,16H,3-7H2,1-2H3,(H,17,18). The Kier molecular flexibility index (Phi) is 4.80. The summed E-state index contributed by atoms with van der Waals surface area (Å²) in [5.74, 6) is -0.320. The van der Waals surface area contributed by atoms with Gasteiger partial charge in [-0.05, 0) is 18.8 Å². The quantitative estimate of drug-likeness (QED) is 0.814. The van der Waals surface area contributed by atoms with Crippen LogP contribution in [0, 0.1) is 5.92 Å². The van der Waals surface area contributed by atoms with E-state index >= 15 is 0 Å². The Morgan fingerprint density at radius 2 is 2.10 bits per heavy atom. The van der Waals surface area contributed by atoms with Gasteiger partial charge < -0.3 is 15.1 Å². The second-order valence-electron chi connectivity index (χ2n) is 5.68. The highest BCUT2D eigenvalue weighted by atomic mass is 32.2. The number of carbonyl (C=O) groups excluding carboxylic acids is 1. The van der Waals surface area contributed by atoms with Crippen LogP contribution in [0.15, 0.2) is 0 Å². The first-order chi connectivity index (χ1) is 9.47. The number of carboxylic acid groups (broad SMARTS) is 1. The van der Waals surface area contributed by atoms with Gasteiger partial charge in [0.1, 0.15) is 6.04 Å². The highest BCUT2D eigenvalue weighted by Crippen LogP contribution is 2.36. The molecule has 114 valence electrons. The van der Waals surface area contributed by atoms with Crippen LogP contribution in [0.1, 0.15) is 26.7 Å². The molecule has 0 aromatic rings. The number of aliphatic hydroxyl groups is 1. The molecule has 6 nitrogen and oxygen atoms in total. The van der Waals surface area contributed by atoms with E-state index in [1.165, 1.54) is 16.7 Å². The number of thioether (sulfide) groups is 1. The minimum Gasteiger partial charge on any atom is -0.480 e. The Morgan fingerprint density at radius 1 is 1.40 bits per heavy atom. The Morgan fingerprint density at radius 3 is 2.65 bits per heavy atom. The molecule has 0 spiro atoms. The van der Waals surface area contributed by atoms with Crippen molar-refractivity contribution in [3.05, 3.63) is 0 Å². The zero-order chi connectivity index (χ0) is 14.9. The molecule has 3 atom stereocenters. The molecule has 2 heterocycles. The number of aliphatic carboxylic acids is 1. The van der Waals surface area contributed by atoms with Crippen LogP contribution in [0.5, 0.6) is 0 Å². The van der Waals surface area contributed by atoms with Crippen molar-refractivity contribution in [2.24, 2.45) is 5.92 Å². The fourth-order valence-electron chi connectivity index (χ4n) is 2.90. The van der Waals surface area contributed by atoms with Gasteiger partial charge in [0, 0.05) is 12.3 Å². The normalized spacial score (nSPS) is 30.3. The summed E-state index contributed by atoms with van der Waals surface area (Å²) < 4.78 is 0. The lowest BCUT2D eigenvalue weighted by atomic mass is 10.1. The van der Waals surface area contributed by atoms with Crippen molar-refractivity contribution >= 4 is 23.8 Å². The van der Waals surface area contributed by atoms with E-state index in [0.717, 1.165) is 12.8 Å². The number of hydrogen-bond donors (Lipinski definition) is 2. The molecule has 3 unspecified atom stereocenters. The third-order valence-corrected chi connectivity index (χ3v) is 5.57. The number of urea groups is 1. The summed E-state index contributed by atoms with van der Waals surface area (Å²) in [7, 11) is 0. The van der Waals surface area contributed by atoms with Crippen LogP contribution in [0.3, 0.4) is 0 Å². The van der Waals surface area contributed by atoms with Gasteiger partial charge in [0.05, 0.1) is 18.0 Å². The molecule has 20 heavy (non-hydrogen) atoms. The van der Waals surface area contributed by atoms with Gasteiger partial charge >= 0.3 is 12.0 Å². The maximum Gasteiger partial charge on any atom is 0.327 e. The van der Waals surface area contributed by atoms with E-state index in [1.807, 2.05) is 13.8 Å². The van der Waals surface area contributed by atoms with E-state index in [1.54, 1.807) is 4.90 Å². The number of aliphatic hydroxyl groups excluding tert-OH is 1. The highest BCUT2D eigenvalue weighted by Gasteiger charge is 2.45. The predicted octanol–water partition coefficient (Wildman–Crippen LogP) is 1.05.